The Balaban J connectivity index is 1.06. The first-order valence-corrected chi connectivity index (χ1v) is 15.4. The fourth-order valence-electron chi connectivity index (χ4n) is 6.47. The molecule has 224 valence electrons. The molecule has 3 aromatic rings. The lowest BCUT2D eigenvalue weighted by molar-refractivity contribution is -0.134. The standard InChI is InChI=1S/C32H35BrN6O4/c1-37-15-23(13-25(18-37)35-27-14-34-38(2)32(43)29(27)33)19-6-8-20(9-7-19)31(42)39-16-24(17-39)21-4-3-5-22(12-21)26-10-11-28(40)36-30(26)41/h3-9,12,14,23-26,35H,10-11,13,15-18H2,1-2H3,(H,36,40,41). The number of amides is 3. The topological polar surface area (TPSA) is 117 Å². The van der Waals surface area contributed by atoms with Crippen molar-refractivity contribution in [2.75, 3.05) is 38.5 Å². The number of hydrogen-bond acceptors (Lipinski definition) is 7. The maximum absolute atomic E-state index is 13.3. The predicted octanol–water partition coefficient (Wildman–Crippen LogP) is 3.20. The van der Waals surface area contributed by atoms with Crippen LogP contribution in [0.2, 0.25) is 0 Å². The molecule has 3 atom stereocenters. The number of carbonyl (C=O) groups excluding carboxylic acids is 3. The minimum Gasteiger partial charge on any atom is -0.379 e. The molecule has 3 fully saturated rings. The summed E-state index contributed by atoms with van der Waals surface area (Å²) < 4.78 is 1.78. The monoisotopic (exact) mass is 646 g/mol. The smallest absolute Gasteiger partial charge is 0.282 e. The third-order valence-corrected chi connectivity index (χ3v) is 9.66. The van der Waals surface area contributed by atoms with Gasteiger partial charge in [-0.05, 0) is 70.6 Å². The minimum absolute atomic E-state index is 0.0208. The van der Waals surface area contributed by atoms with Gasteiger partial charge in [0.25, 0.3) is 11.5 Å². The third kappa shape index (κ3) is 6.14. The van der Waals surface area contributed by atoms with Crippen molar-refractivity contribution in [3.63, 3.8) is 0 Å². The van der Waals surface area contributed by atoms with Crippen LogP contribution in [-0.2, 0) is 16.6 Å². The van der Waals surface area contributed by atoms with Gasteiger partial charge in [0.1, 0.15) is 4.47 Å². The van der Waals surface area contributed by atoms with E-state index in [9.17, 15) is 19.2 Å². The fourth-order valence-corrected chi connectivity index (χ4v) is 6.95. The van der Waals surface area contributed by atoms with Gasteiger partial charge < -0.3 is 15.1 Å². The van der Waals surface area contributed by atoms with Gasteiger partial charge in [-0.25, -0.2) is 4.68 Å². The van der Waals surface area contributed by atoms with Crippen molar-refractivity contribution in [2.24, 2.45) is 7.05 Å². The van der Waals surface area contributed by atoms with Crippen molar-refractivity contribution in [1.82, 2.24) is 24.9 Å². The van der Waals surface area contributed by atoms with Gasteiger partial charge in [-0.2, -0.15) is 5.10 Å². The van der Waals surface area contributed by atoms with Gasteiger partial charge in [-0.15, -0.1) is 0 Å². The number of nitrogens with zero attached hydrogens (tertiary/aromatic N) is 4. The van der Waals surface area contributed by atoms with Gasteiger partial charge in [-0.1, -0.05) is 36.4 Å². The largest absolute Gasteiger partial charge is 0.379 e. The molecule has 3 aliphatic rings. The normalized spacial score (nSPS) is 23.0. The van der Waals surface area contributed by atoms with Crippen LogP contribution in [0, 0.1) is 0 Å². The van der Waals surface area contributed by atoms with Crippen LogP contribution in [0.1, 0.15) is 64.1 Å². The van der Waals surface area contributed by atoms with E-state index in [0.717, 1.165) is 30.6 Å². The van der Waals surface area contributed by atoms with Gasteiger partial charge in [0.05, 0.1) is 17.8 Å². The highest BCUT2D eigenvalue weighted by Crippen LogP contribution is 2.33. The number of imide groups is 1. The van der Waals surface area contributed by atoms with Gasteiger partial charge in [0.15, 0.2) is 0 Å². The van der Waals surface area contributed by atoms with E-state index in [2.05, 4.69) is 61.8 Å². The Morgan fingerprint density at radius 3 is 2.44 bits per heavy atom. The molecule has 3 saturated heterocycles. The first-order chi connectivity index (χ1) is 20.7. The second kappa shape index (κ2) is 12.0. The number of anilines is 1. The number of piperidine rings is 2. The zero-order valence-corrected chi connectivity index (χ0v) is 25.8. The molecule has 1 aromatic heterocycles. The lowest BCUT2D eigenvalue weighted by Gasteiger charge is -2.40. The van der Waals surface area contributed by atoms with Crippen LogP contribution in [-0.4, -0.2) is 76.6 Å². The molecule has 4 heterocycles. The van der Waals surface area contributed by atoms with Crippen LogP contribution in [0.15, 0.2) is 64.0 Å². The van der Waals surface area contributed by atoms with Gasteiger partial charge >= 0.3 is 0 Å². The fraction of sp³-hybridized carbons (Fsp3) is 0.406. The highest BCUT2D eigenvalue weighted by Gasteiger charge is 2.34. The second-order valence-electron chi connectivity index (χ2n) is 12.0. The second-order valence-corrected chi connectivity index (χ2v) is 12.8. The molecular weight excluding hydrogens is 612 g/mol. The summed E-state index contributed by atoms with van der Waals surface area (Å²) in [6.45, 7) is 3.02. The Hall–Kier alpha value is -3.83. The van der Waals surface area contributed by atoms with Crippen molar-refractivity contribution in [2.45, 2.75) is 43.1 Å². The third-order valence-electron chi connectivity index (χ3n) is 8.89. The van der Waals surface area contributed by atoms with Gasteiger partial charge in [0, 0.05) is 57.2 Å². The van der Waals surface area contributed by atoms with Gasteiger partial charge in [-0.3, -0.25) is 24.5 Å². The Bertz CT molecular complexity index is 1620. The summed E-state index contributed by atoms with van der Waals surface area (Å²) in [6.07, 6.45) is 3.44. The number of benzene rings is 2. The van der Waals surface area contributed by atoms with E-state index in [-0.39, 0.29) is 47.1 Å². The van der Waals surface area contributed by atoms with Crippen LogP contribution >= 0.6 is 15.9 Å². The molecule has 2 aromatic carbocycles. The number of aromatic nitrogens is 2. The number of hydrogen-bond donors (Lipinski definition) is 2. The molecule has 0 radical (unpaired) electrons. The van der Waals surface area contributed by atoms with Crippen LogP contribution in [0.25, 0.3) is 0 Å². The number of aryl methyl sites for hydroxylation is 1. The average Bonchev–Trinajstić information content (AvgIpc) is 2.96. The summed E-state index contributed by atoms with van der Waals surface area (Å²) in [5.74, 6) is -0.234. The molecule has 3 aliphatic heterocycles. The van der Waals surface area contributed by atoms with Gasteiger partial charge in [0.2, 0.25) is 11.8 Å². The number of likely N-dealkylation sites (N-methyl/N-ethyl adjacent to an activating group) is 1. The minimum atomic E-state index is -0.310. The predicted molar refractivity (Wildman–Crippen MR) is 166 cm³/mol. The van der Waals surface area contributed by atoms with Crippen molar-refractivity contribution in [1.29, 1.82) is 0 Å². The van der Waals surface area contributed by atoms with Crippen molar-refractivity contribution < 1.29 is 14.4 Å². The van der Waals surface area contributed by atoms with E-state index in [1.165, 1.54) is 10.2 Å². The van der Waals surface area contributed by atoms with E-state index in [4.69, 9.17) is 0 Å². The molecule has 3 amide bonds. The summed E-state index contributed by atoms with van der Waals surface area (Å²) in [5, 5.41) is 10.1. The van der Waals surface area contributed by atoms with Crippen LogP contribution < -0.4 is 16.2 Å². The molecule has 11 heteroatoms. The Kier molecular flexibility index (Phi) is 8.19. The lowest BCUT2D eigenvalue weighted by Crippen LogP contribution is -2.48. The molecular formula is C32H35BrN6O4. The van der Waals surface area contributed by atoms with E-state index in [1.807, 2.05) is 35.2 Å². The molecule has 6 rings (SSSR count). The first-order valence-electron chi connectivity index (χ1n) is 14.7. The summed E-state index contributed by atoms with van der Waals surface area (Å²) in [7, 11) is 3.72. The molecule has 3 unspecified atom stereocenters. The molecule has 10 nitrogen and oxygen atoms in total. The van der Waals surface area contributed by atoms with Crippen LogP contribution in [0.3, 0.4) is 0 Å². The van der Waals surface area contributed by atoms with E-state index < -0.39 is 0 Å². The van der Waals surface area contributed by atoms with E-state index >= 15 is 0 Å². The zero-order chi connectivity index (χ0) is 30.2. The molecule has 0 saturated carbocycles. The Morgan fingerprint density at radius 1 is 0.953 bits per heavy atom. The number of nitrogens with one attached hydrogen (secondary N) is 2. The number of likely N-dealkylation sites (tertiary alicyclic amines) is 2. The van der Waals surface area contributed by atoms with Crippen molar-refractivity contribution >= 4 is 39.3 Å². The van der Waals surface area contributed by atoms with E-state index in [1.54, 1.807) is 13.2 Å². The quantitative estimate of drug-likeness (QED) is 0.395. The molecule has 2 N–H and O–H groups in total. The summed E-state index contributed by atoms with van der Waals surface area (Å²) in [4.78, 5) is 53.5. The average molecular weight is 648 g/mol. The summed E-state index contributed by atoms with van der Waals surface area (Å²) in [6, 6.07) is 16.1. The number of carbonyl (C=O) groups is 3. The lowest BCUT2D eigenvalue weighted by atomic mass is 9.85. The maximum atomic E-state index is 13.3. The Morgan fingerprint density at radius 2 is 1.70 bits per heavy atom. The van der Waals surface area contributed by atoms with Crippen molar-refractivity contribution in [3.8, 4) is 0 Å². The van der Waals surface area contributed by atoms with Crippen molar-refractivity contribution in [3.05, 3.63) is 91.8 Å². The molecule has 0 aliphatic carbocycles. The maximum Gasteiger partial charge on any atom is 0.282 e. The Labute approximate surface area is 258 Å². The molecule has 0 spiro atoms. The molecule has 0 bridgehead atoms. The van der Waals surface area contributed by atoms with E-state index in [0.29, 0.717) is 41.7 Å². The SMILES string of the molecule is CN1CC(Nc2cnn(C)c(=O)c2Br)CC(c2ccc(C(=O)N3CC(c4cccc(C5CCC(=O)NC5=O)c4)C3)cc2)C1. The van der Waals surface area contributed by atoms with Crippen LogP contribution in [0.5, 0.6) is 0 Å². The van der Waals surface area contributed by atoms with Crippen LogP contribution in [0.4, 0.5) is 5.69 Å². The first kappa shape index (κ1) is 29.3. The molecule has 43 heavy (non-hydrogen) atoms. The summed E-state index contributed by atoms with van der Waals surface area (Å²) >= 11 is 3.41. The highest BCUT2D eigenvalue weighted by atomic mass is 79.9. The number of rotatable bonds is 6. The highest BCUT2D eigenvalue weighted by molar-refractivity contribution is 9.10. The summed E-state index contributed by atoms with van der Waals surface area (Å²) in [5.41, 5.74) is 4.41. The zero-order valence-electron chi connectivity index (χ0n) is 24.3. The number of halogens is 1.